The van der Waals surface area contributed by atoms with E-state index >= 15 is 0 Å². The molecule has 6 nitrogen and oxygen atoms in total. The maximum absolute atomic E-state index is 13.0. The Morgan fingerprint density at radius 3 is 2.53 bits per heavy atom. The number of benzene rings is 1. The summed E-state index contributed by atoms with van der Waals surface area (Å²) in [7, 11) is 1.62. The van der Waals surface area contributed by atoms with Crippen LogP contribution in [0.3, 0.4) is 0 Å². The zero-order valence-corrected chi connectivity index (χ0v) is 17.7. The lowest BCUT2D eigenvalue weighted by molar-refractivity contribution is 0.102. The normalized spacial score (nSPS) is 10.6. The average molecular weight is 417 g/mol. The monoisotopic (exact) mass is 416 g/mol. The second-order valence-corrected chi connectivity index (χ2v) is 7.58. The molecule has 0 aliphatic carbocycles. The number of hydrogen-bond donors (Lipinski definition) is 1. The van der Waals surface area contributed by atoms with E-state index in [0.29, 0.717) is 16.4 Å². The fraction of sp³-hybridized carbons (Fsp3) is 0.130. The number of carbonyl (C=O) groups excluding carboxylic acids is 1. The summed E-state index contributed by atoms with van der Waals surface area (Å²) in [6.45, 7) is 3.99. The zero-order valence-electron chi connectivity index (χ0n) is 16.8. The molecule has 3 aromatic heterocycles. The van der Waals surface area contributed by atoms with Gasteiger partial charge in [-0.1, -0.05) is 6.07 Å². The van der Waals surface area contributed by atoms with E-state index in [1.54, 1.807) is 25.4 Å². The molecule has 0 spiro atoms. The summed E-state index contributed by atoms with van der Waals surface area (Å²) >= 11 is 1.36. The molecule has 1 aromatic carbocycles. The first-order valence-corrected chi connectivity index (χ1v) is 10.2. The minimum Gasteiger partial charge on any atom is -0.497 e. The summed E-state index contributed by atoms with van der Waals surface area (Å²) < 4.78 is 5.20. The smallest absolute Gasteiger partial charge is 0.259 e. The number of methoxy groups -OCH3 is 1. The highest BCUT2D eigenvalue weighted by atomic mass is 32.1. The molecular weight excluding hydrogens is 396 g/mol. The van der Waals surface area contributed by atoms with Gasteiger partial charge in [0.2, 0.25) is 0 Å². The minimum atomic E-state index is -0.261. The van der Waals surface area contributed by atoms with E-state index in [1.165, 1.54) is 11.3 Å². The molecule has 0 radical (unpaired) electrons. The van der Waals surface area contributed by atoms with Gasteiger partial charge in [-0.05, 0) is 61.9 Å². The Morgan fingerprint density at radius 2 is 1.80 bits per heavy atom. The van der Waals surface area contributed by atoms with E-state index in [-0.39, 0.29) is 5.91 Å². The first kappa shape index (κ1) is 19.7. The van der Waals surface area contributed by atoms with Crippen LogP contribution in [0, 0.1) is 13.8 Å². The Labute approximate surface area is 178 Å². The third kappa shape index (κ3) is 4.06. The fourth-order valence-corrected chi connectivity index (χ4v) is 3.65. The third-order valence-corrected chi connectivity index (χ3v) is 5.51. The summed E-state index contributed by atoms with van der Waals surface area (Å²) in [5.74, 6) is 0.485. The Bertz CT molecular complexity index is 1200. The van der Waals surface area contributed by atoms with Gasteiger partial charge < -0.3 is 4.74 Å². The van der Waals surface area contributed by atoms with E-state index in [4.69, 9.17) is 4.74 Å². The number of hydrogen-bond acceptors (Lipinski definition) is 6. The molecule has 1 N–H and O–H groups in total. The van der Waals surface area contributed by atoms with Crippen LogP contribution < -0.4 is 10.1 Å². The molecule has 0 aliphatic rings. The lowest BCUT2D eigenvalue weighted by Gasteiger charge is -2.09. The van der Waals surface area contributed by atoms with Crippen LogP contribution in [0.25, 0.3) is 22.6 Å². The van der Waals surface area contributed by atoms with E-state index in [2.05, 4.69) is 20.3 Å². The van der Waals surface area contributed by atoms with Gasteiger partial charge in [-0.25, -0.2) is 4.98 Å². The molecule has 0 saturated carbocycles. The zero-order chi connectivity index (χ0) is 21.1. The fourth-order valence-electron chi connectivity index (χ4n) is 2.95. The highest BCUT2D eigenvalue weighted by molar-refractivity contribution is 7.14. The van der Waals surface area contributed by atoms with Gasteiger partial charge in [0.25, 0.3) is 5.91 Å². The molecule has 0 saturated heterocycles. The molecule has 4 rings (SSSR count). The van der Waals surface area contributed by atoms with Gasteiger partial charge in [0.1, 0.15) is 11.4 Å². The predicted molar refractivity (Wildman–Crippen MR) is 119 cm³/mol. The van der Waals surface area contributed by atoms with Gasteiger partial charge in [-0.2, -0.15) is 0 Å². The Balaban J connectivity index is 1.58. The quantitative estimate of drug-likeness (QED) is 0.487. The molecule has 0 fully saturated rings. The van der Waals surface area contributed by atoms with Crippen LogP contribution >= 0.6 is 11.3 Å². The van der Waals surface area contributed by atoms with Crippen molar-refractivity contribution in [2.75, 3.05) is 12.4 Å². The number of thiazole rings is 1. The highest BCUT2D eigenvalue weighted by Gasteiger charge is 2.16. The van der Waals surface area contributed by atoms with Crippen molar-refractivity contribution < 1.29 is 9.53 Å². The summed E-state index contributed by atoms with van der Waals surface area (Å²) in [5, 5.41) is 5.29. The van der Waals surface area contributed by atoms with Crippen LogP contribution in [0.5, 0.6) is 5.75 Å². The van der Waals surface area contributed by atoms with Crippen molar-refractivity contribution in [1.82, 2.24) is 15.0 Å². The Kier molecular flexibility index (Phi) is 5.54. The van der Waals surface area contributed by atoms with Crippen molar-refractivity contribution in [2.45, 2.75) is 13.8 Å². The molecule has 3 heterocycles. The van der Waals surface area contributed by atoms with Gasteiger partial charge in [0.05, 0.1) is 24.1 Å². The van der Waals surface area contributed by atoms with Gasteiger partial charge >= 0.3 is 0 Å². The summed E-state index contributed by atoms with van der Waals surface area (Å²) in [6.07, 6.45) is 1.67. The number of pyridine rings is 2. The molecule has 0 atom stereocenters. The van der Waals surface area contributed by atoms with Crippen LogP contribution in [0.15, 0.2) is 60.1 Å². The van der Waals surface area contributed by atoms with Crippen LogP contribution in [0.2, 0.25) is 0 Å². The Hall–Kier alpha value is -3.58. The molecule has 4 aromatic rings. The number of ether oxygens (including phenoxy) is 1. The largest absolute Gasteiger partial charge is 0.497 e. The van der Waals surface area contributed by atoms with Gasteiger partial charge in [0, 0.05) is 22.8 Å². The lowest BCUT2D eigenvalue weighted by atomic mass is 10.1. The maximum Gasteiger partial charge on any atom is 0.259 e. The van der Waals surface area contributed by atoms with E-state index in [0.717, 1.165) is 34.0 Å². The van der Waals surface area contributed by atoms with E-state index < -0.39 is 0 Å². The van der Waals surface area contributed by atoms with Crippen molar-refractivity contribution in [3.05, 3.63) is 76.9 Å². The third-order valence-electron chi connectivity index (χ3n) is 4.75. The maximum atomic E-state index is 13.0. The molecule has 7 heteroatoms. The molecule has 1 amide bonds. The van der Waals surface area contributed by atoms with Gasteiger partial charge in [-0.15, -0.1) is 11.3 Å². The molecule has 0 aliphatic heterocycles. The van der Waals surface area contributed by atoms with Gasteiger partial charge in [-0.3, -0.25) is 20.1 Å². The highest BCUT2D eigenvalue weighted by Crippen LogP contribution is 2.27. The molecule has 150 valence electrons. The molecule has 30 heavy (non-hydrogen) atoms. The molecular formula is C23H20N4O2S. The van der Waals surface area contributed by atoms with E-state index in [1.807, 2.05) is 55.6 Å². The lowest BCUT2D eigenvalue weighted by Crippen LogP contribution is -2.13. The molecule has 0 bridgehead atoms. The van der Waals surface area contributed by atoms with Crippen LogP contribution in [0.1, 0.15) is 21.6 Å². The van der Waals surface area contributed by atoms with E-state index in [9.17, 15) is 4.79 Å². The summed E-state index contributed by atoms with van der Waals surface area (Å²) in [6, 6.07) is 14.9. The minimum absolute atomic E-state index is 0.261. The SMILES string of the molecule is COc1ccc(-c2ncccc2C(=O)Nc2nc(-c3ccc(C)c(C)n3)cs2)cc1. The second kappa shape index (κ2) is 8.42. The van der Waals surface area contributed by atoms with Crippen LogP contribution in [0.4, 0.5) is 5.13 Å². The standard InChI is InChI=1S/C23H20N4O2S/c1-14-6-11-19(25-15(14)2)20-13-30-23(26-20)27-22(28)18-5-4-12-24-21(18)16-7-9-17(29-3)10-8-16/h4-13H,1-3H3,(H,26,27,28). The number of rotatable bonds is 5. The number of nitrogens with zero attached hydrogens (tertiary/aromatic N) is 3. The predicted octanol–water partition coefficient (Wildman–Crippen LogP) is 5.14. The number of nitrogens with one attached hydrogen (secondary N) is 1. The number of aromatic nitrogens is 3. The first-order valence-electron chi connectivity index (χ1n) is 9.36. The average Bonchev–Trinajstić information content (AvgIpc) is 3.24. The number of aryl methyl sites for hydroxylation is 2. The topological polar surface area (TPSA) is 77.0 Å². The number of carbonyl (C=O) groups is 1. The summed E-state index contributed by atoms with van der Waals surface area (Å²) in [4.78, 5) is 26.5. The number of anilines is 1. The van der Waals surface area contributed by atoms with Crippen LogP contribution in [-0.4, -0.2) is 28.0 Å². The van der Waals surface area contributed by atoms with Crippen molar-refractivity contribution in [3.63, 3.8) is 0 Å². The Morgan fingerprint density at radius 1 is 1.00 bits per heavy atom. The first-order chi connectivity index (χ1) is 14.5. The summed E-state index contributed by atoms with van der Waals surface area (Å²) in [5.41, 5.74) is 5.53. The number of amides is 1. The molecule has 0 unspecified atom stereocenters. The second-order valence-electron chi connectivity index (χ2n) is 6.72. The van der Waals surface area contributed by atoms with Crippen molar-refractivity contribution in [3.8, 4) is 28.4 Å². The van der Waals surface area contributed by atoms with Gasteiger partial charge in [0.15, 0.2) is 5.13 Å². The van der Waals surface area contributed by atoms with Crippen LogP contribution in [-0.2, 0) is 0 Å². The van der Waals surface area contributed by atoms with Crippen molar-refractivity contribution in [1.29, 1.82) is 0 Å². The van der Waals surface area contributed by atoms with Crippen molar-refractivity contribution >= 4 is 22.4 Å². The van der Waals surface area contributed by atoms with Crippen molar-refractivity contribution in [2.24, 2.45) is 0 Å².